The van der Waals surface area contributed by atoms with Gasteiger partial charge in [-0.1, -0.05) is 38.4 Å². The van der Waals surface area contributed by atoms with Gasteiger partial charge in [0.1, 0.15) is 5.82 Å². The highest BCUT2D eigenvalue weighted by molar-refractivity contribution is 7.99. The van der Waals surface area contributed by atoms with Gasteiger partial charge in [-0.25, -0.2) is 4.39 Å². The average Bonchev–Trinajstić information content (AvgIpc) is 2.28. The van der Waals surface area contributed by atoms with Gasteiger partial charge in [-0.3, -0.25) is 0 Å². The molecule has 0 amide bonds. The molecule has 1 unspecified atom stereocenters. The molecule has 0 saturated heterocycles. The van der Waals surface area contributed by atoms with E-state index >= 15 is 0 Å². The van der Waals surface area contributed by atoms with Crippen LogP contribution in [0.4, 0.5) is 4.39 Å². The van der Waals surface area contributed by atoms with Crippen molar-refractivity contribution in [3.05, 3.63) is 34.6 Å². The van der Waals surface area contributed by atoms with Crippen molar-refractivity contribution >= 4 is 23.4 Å². The van der Waals surface area contributed by atoms with Gasteiger partial charge < -0.3 is 5.32 Å². The van der Waals surface area contributed by atoms with Gasteiger partial charge in [0, 0.05) is 22.4 Å². The molecule has 1 nitrogen and oxygen atoms in total. The maximum absolute atomic E-state index is 13.9. The molecule has 0 aliphatic carbocycles. The van der Waals surface area contributed by atoms with Crippen LogP contribution in [0.1, 0.15) is 32.4 Å². The second-order valence-electron chi connectivity index (χ2n) is 4.71. The zero-order valence-corrected chi connectivity index (χ0v) is 12.7. The van der Waals surface area contributed by atoms with Gasteiger partial charge in [-0.05, 0) is 30.3 Å². The van der Waals surface area contributed by atoms with Gasteiger partial charge in [-0.15, -0.1) is 0 Å². The fraction of sp³-hybridized carbons (Fsp3) is 0.571. The highest BCUT2D eigenvalue weighted by atomic mass is 35.5. The second-order valence-corrected chi connectivity index (χ2v) is 6.22. The molecule has 1 aromatic carbocycles. The van der Waals surface area contributed by atoms with Crippen molar-refractivity contribution in [2.24, 2.45) is 5.92 Å². The van der Waals surface area contributed by atoms with Crippen LogP contribution in [0.3, 0.4) is 0 Å². The lowest BCUT2D eigenvalue weighted by molar-refractivity contribution is 0.545. The Balaban J connectivity index is 2.70. The molecule has 1 N–H and O–H groups in total. The molecule has 1 rings (SSSR count). The van der Waals surface area contributed by atoms with Gasteiger partial charge >= 0.3 is 0 Å². The number of rotatable bonds is 7. The maximum Gasteiger partial charge on any atom is 0.129 e. The van der Waals surface area contributed by atoms with Crippen molar-refractivity contribution < 1.29 is 4.39 Å². The van der Waals surface area contributed by atoms with Crippen LogP contribution >= 0.6 is 23.4 Å². The zero-order valence-electron chi connectivity index (χ0n) is 11.2. The van der Waals surface area contributed by atoms with Crippen molar-refractivity contribution in [3.8, 4) is 0 Å². The summed E-state index contributed by atoms with van der Waals surface area (Å²) < 4.78 is 13.9. The van der Waals surface area contributed by atoms with Crippen LogP contribution in [0.25, 0.3) is 0 Å². The third-order valence-corrected chi connectivity index (χ3v) is 4.23. The fourth-order valence-electron chi connectivity index (χ4n) is 1.71. The van der Waals surface area contributed by atoms with Gasteiger partial charge in [-0.2, -0.15) is 11.8 Å². The van der Waals surface area contributed by atoms with Crippen LogP contribution in [-0.4, -0.2) is 18.1 Å². The SMILES string of the molecule is CCNC(CSCC(C)C)c1ccc(Cl)cc1F. The van der Waals surface area contributed by atoms with Gasteiger partial charge in [0.05, 0.1) is 0 Å². The Hall–Kier alpha value is -0.250. The lowest BCUT2D eigenvalue weighted by Crippen LogP contribution is -2.24. The van der Waals surface area contributed by atoms with E-state index in [-0.39, 0.29) is 11.9 Å². The molecule has 0 aliphatic heterocycles. The lowest BCUT2D eigenvalue weighted by Gasteiger charge is -2.19. The van der Waals surface area contributed by atoms with E-state index in [0.29, 0.717) is 16.5 Å². The Labute approximate surface area is 118 Å². The van der Waals surface area contributed by atoms with Crippen LogP contribution in [0.2, 0.25) is 5.02 Å². The number of thioether (sulfide) groups is 1. The number of nitrogens with one attached hydrogen (secondary N) is 1. The minimum absolute atomic E-state index is 0.0519. The predicted octanol–water partition coefficient (Wildman–Crippen LogP) is 4.52. The van der Waals surface area contributed by atoms with E-state index < -0.39 is 0 Å². The van der Waals surface area contributed by atoms with Crippen LogP contribution < -0.4 is 5.32 Å². The van der Waals surface area contributed by atoms with E-state index in [1.54, 1.807) is 12.1 Å². The third kappa shape index (κ3) is 5.17. The van der Waals surface area contributed by atoms with Crippen LogP contribution in [0.15, 0.2) is 18.2 Å². The molecule has 0 saturated carbocycles. The predicted molar refractivity (Wildman–Crippen MR) is 80.0 cm³/mol. The average molecular weight is 290 g/mol. The summed E-state index contributed by atoms with van der Waals surface area (Å²) in [6, 6.07) is 4.96. The summed E-state index contributed by atoms with van der Waals surface area (Å²) in [7, 11) is 0. The highest BCUT2D eigenvalue weighted by Crippen LogP contribution is 2.24. The first-order valence-corrected chi connectivity index (χ1v) is 7.84. The summed E-state index contributed by atoms with van der Waals surface area (Å²) in [5.74, 6) is 2.41. The molecule has 0 heterocycles. The minimum atomic E-state index is -0.224. The van der Waals surface area contributed by atoms with Gasteiger partial charge in [0.25, 0.3) is 0 Å². The van der Waals surface area contributed by atoms with Gasteiger partial charge in [0.2, 0.25) is 0 Å². The molecule has 1 atom stereocenters. The Morgan fingerprint density at radius 3 is 2.61 bits per heavy atom. The Kier molecular flexibility index (Phi) is 7.05. The number of benzene rings is 1. The molecule has 0 aliphatic rings. The fourth-order valence-corrected chi connectivity index (χ4v) is 3.01. The molecule has 0 radical (unpaired) electrons. The number of halogens is 2. The zero-order chi connectivity index (χ0) is 13.5. The smallest absolute Gasteiger partial charge is 0.129 e. The molecule has 1 aromatic rings. The lowest BCUT2D eigenvalue weighted by atomic mass is 10.1. The first-order chi connectivity index (χ1) is 8.54. The Morgan fingerprint density at radius 2 is 2.06 bits per heavy atom. The molecule has 0 spiro atoms. The molecule has 102 valence electrons. The third-order valence-electron chi connectivity index (χ3n) is 2.52. The highest BCUT2D eigenvalue weighted by Gasteiger charge is 2.15. The molecule has 0 bridgehead atoms. The van der Waals surface area contributed by atoms with Crippen LogP contribution in [-0.2, 0) is 0 Å². The number of hydrogen-bond donors (Lipinski definition) is 1. The molecular weight excluding hydrogens is 269 g/mol. The van der Waals surface area contributed by atoms with Crippen LogP contribution in [0, 0.1) is 11.7 Å². The molecule has 18 heavy (non-hydrogen) atoms. The van der Waals surface area contributed by atoms with Crippen molar-refractivity contribution in [1.29, 1.82) is 0 Å². The molecule has 0 fully saturated rings. The summed E-state index contributed by atoms with van der Waals surface area (Å²) in [4.78, 5) is 0. The largest absolute Gasteiger partial charge is 0.309 e. The van der Waals surface area contributed by atoms with Crippen molar-refractivity contribution in [1.82, 2.24) is 5.32 Å². The van der Waals surface area contributed by atoms with E-state index in [1.165, 1.54) is 6.07 Å². The number of hydrogen-bond acceptors (Lipinski definition) is 2. The first-order valence-electron chi connectivity index (χ1n) is 6.30. The van der Waals surface area contributed by atoms with Crippen molar-refractivity contribution in [2.45, 2.75) is 26.8 Å². The topological polar surface area (TPSA) is 12.0 Å². The summed E-state index contributed by atoms with van der Waals surface area (Å²) in [6.45, 7) is 7.25. The van der Waals surface area contributed by atoms with E-state index in [4.69, 9.17) is 11.6 Å². The summed E-state index contributed by atoms with van der Waals surface area (Å²) in [5, 5.41) is 3.77. The summed E-state index contributed by atoms with van der Waals surface area (Å²) in [5.41, 5.74) is 0.706. The second kappa shape index (κ2) is 8.03. The van der Waals surface area contributed by atoms with E-state index in [9.17, 15) is 4.39 Å². The molecule has 4 heteroatoms. The summed E-state index contributed by atoms with van der Waals surface area (Å²) in [6.07, 6.45) is 0. The molecule has 0 aromatic heterocycles. The maximum atomic E-state index is 13.9. The monoisotopic (exact) mass is 289 g/mol. The molecular formula is C14H21ClFNS. The van der Waals surface area contributed by atoms with Gasteiger partial charge in [0.15, 0.2) is 0 Å². The standard InChI is InChI=1S/C14H21ClFNS/c1-4-17-14(9-18-8-10(2)3)12-6-5-11(15)7-13(12)16/h5-7,10,14,17H,4,8-9H2,1-3H3. The van der Waals surface area contributed by atoms with E-state index in [1.807, 2.05) is 18.7 Å². The van der Waals surface area contributed by atoms with E-state index in [0.717, 1.165) is 18.1 Å². The Bertz CT molecular complexity index is 371. The van der Waals surface area contributed by atoms with E-state index in [2.05, 4.69) is 19.2 Å². The summed E-state index contributed by atoms with van der Waals surface area (Å²) >= 11 is 7.63. The normalized spacial score (nSPS) is 13.0. The van der Waals surface area contributed by atoms with Crippen molar-refractivity contribution in [2.75, 3.05) is 18.1 Å². The minimum Gasteiger partial charge on any atom is -0.309 e. The first kappa shape index (κ1) is 15.8. The quantitative estimate of drug-likeness (QED) is 0.792. The Morgan fingerprint density at radius 1 is 1.33 bits per heavy atom. The van der Waals surface area contributed by atoms with Crippen molar-refractivity contribution in [3.63, 3.8) is 0 Å². The van der Waals surface area contributed by atoms with Crippen LogP contribution in [0.5, 0.6) is 0 Å².